The number of halogens is 1. The molecule has 1 aliphatic rings. The molecule has 1 saturated carbocycles. The van der Waals surface area contributed by atoms with E-state index < -0.39 is 34.3 Å². The zero-order valence-corrected chi connectivity index (χ0v) is 23.7. The van der Waals surface area contributed by atoms with Crippen LogP contribution >= 0.6 is 0 Å². The van der Waals surface area contributed by atoms with Crippen LogP contribution in [0.5, 0.6) is 0 Å². The third-order valence-corrected chi connectivity index (χ3v) is 9.11. The summed E-state index contributed by atoms with van der Waals surface area (Å²) in [5.74, 6) is -1.25. The molecule has 7 nitrogen and oxygen atoms in total. The molecule has 4 rings (SSSR count). The Labute approximate surface area is 236 Å². The molecular weight excluding hydrogens is 529 g/mol. The van der Waals surface area contributed by atoms with Gasteiger partial charge in [0.2, 0.25) is 11.8 Å². The summed E-state index contributed by atoms with van der Waals surface area (Å²) in [5.41, 5.74) is 1.90. The third-order valence-electron chi connectivity index (χ3n) is 7.32. The number of rotatable bonds is 10. The van der Waals surface area contributed by atoms with Gasteiger partial charge < -0.3 is 10.2 Å². The second-order valence-corrected chi connectivity index (χ2v) is 12.2. The fraction of sp³-hybridized carbons (Fsp3) is 0.355. The first kappa shape index (κ1) is 29.3. The van der Waals surface area contributed by atoms with Crippen LogP contribution in [0.25, 0.3) is 0 Å². The van der Waals surface area contributed by atoms with Gasteiger partial charge in [0.05, 0.1) is 10.6 Å². The molecule has 2 amide bonds. The first-order valence-corrected chi connectivity index (χ1v) is 15.1. The molecule has 3 aromatic rings. The van der Waals surface area contributed by atoms with Crippen LogP contribution in [0.3, 0.4) is 0 Å². The van der Waals surface area contributed by atoms with Crippen molar-refractivity contribution in [2.75, 3.05) is 10.8 Å². The molecule has 0 unspecified atom stereocenters. The van der Waals surface area contributed by atoms with Gasteiger partial charge in [-0.1, -0.05) is 67.3 Å². The van der Waals surface area contributed by atoms with E-state index in [2.05, 4.69) is 5.32 Å². The molecule has 212 valence electrons. The molecule has 40 heavy (non-hydrogen) atoms. The van der Waals surface area contributed by atoms with E-state index in [-0.39, 0.29) is 23.4 Å². The quantitative estimate of drug-likeness (QED) is 0.366. The third kappa shape index (κ3) is 7.27. The number of hydrogen-bond acceptors (Lipinski definition) is 4. The van der Waals surface area contributed by atoms with Crippen molar-refractivity contribution < 1.29 is 22.4 Å². The Hall–Kier alpha value is -3.72. The molecule has 0 aliphatic heterocycles. The lowest BCUT2D eigenvalue weighted by Gasteiger charge is -2.33. The first-order chi connectivity index (χ1) is 19.1. The van der Waals surface area contributed by atoms with Crippen LogP contribution in [0.2, 0.25) is 0 Å². The molecular formula is C31H36FN3O4S. The minimum absolute atomic E-state index is 0.0193. The van der Waals surface area contributed by atoms with Crippen molar-refractivity contribution in [1.29, 1.82) is 0 Å². The Morgan fingerprint density at radius 1 is 0.925 bits per heavy atom. The molecule has 0 bridgehead atoms. The Kier molecular flexibility index (Phi) is 9.58. The van der Waals surface area contributed by atoms with E-state index in [1.807, 2.05) is 6.92 Å². The van der Waals surface area contributed by atoms with Gasteiger partial charge in [-0.05, 0) is 68.7 Å². The second-order valence-electron chi connectivity index (χ2n) is 10.3. The fourth-order valence-corrected chi connectivity index (χ4v) is 6.33. The van der Waals surface area contributed by atoms with Crippen molar-refractivity contribution in [2.45, 2.75) is 69.5 Å². The van der Waals surface area contributed by atoms with E-state index in [1.54, 1.807) is 61.5 Å². The van der Waals surface area contributed by atoms with Crippen molar-refractivity contribution in [3.8, 4) is 0 Å². The molecule has 1 aliphatic carbocycles. The number of carbonyl (C=O) groups excluding carboxylic acids is 2. The molecule has 1 fully saturated rings. The monoisotopic (exact) mass is 565 g/mol. The highest BCUT2D eigenvalue weighted by molar-refractivity contribution is 7.92. The standard InChI is InChI=1S/C31H36FN3O4S/c1-23-13-19-28(20-14-23)35(40(38,39)29-11-7-4-8-12-29)22-30(36)34(21-25-15-17-26(32)18-16-25)24(2)31(37)33-27-9-5-3-6-10-27/h4,7-8,11-20,24,27H,3,5-6,9-10,21-22H2,1-2H3,(H,33,37)/t24-/m1/s1. The lowest BCUT2D eigenvalue weighted by Crippen LogP contribution is -2.53. The number of carbonyl (C=O) groups is 2. The molecule has 1 atom stereocenters. The van der Waals surface area contributed by atoms with E-state index in [9.17, 15) is 22.4 Å². The topological polar surface area (TPSA) is 86.8 Å². The zero-order chi connectivity index (χ0) is 28.7. The van der Waals surface area contributed by atoms with Crippen LogP contribution in [0.4, 0.5) is 10.1 Å². The number of amides is 2. The van der Waals surface area contributed by atoms with Crippen LogP contribution in [0.1, 0.15) is 50.2 Å². The van der Waals surface area contributed by atoms with E-state index in [0.29, 0.717) is 11.3 Å². The van der Waals surface area contributed by atoms with Crippen molar-refractivity contribution in [1.82, 2.24) is 10.2 Å². The maximum Gasteiger partial charge on any atom is 0.264 e. The first-order valence-electron chi connectivity index (χ1n) is 13.6. The normalized spacial score (nSPS) is 14.8. The predicted octanol–water partition coefficient (Wildman–Crippen LogP) is 5.20. The number of anilines is 1. The van der Waals surface area contributed by atoms with Crippen LogP contribution in [-0.2, 0) is 26.2 Å². The number of hydrogen-bond donors (Lipinski definition) is 1. The van der Waals surface area contributed by atoms with E-state index in [0.717, 1.165) is 42.0 Å². The van der Waals surface area contributed by atoms with Crippen molar-refractivity contribution in [2.24, 2.45) is 0 Å². The number of aryl methyl sites for hydroxylation is 1. The lowest BCUT2D eigenvalue weighted by molar-refractivity contribution is -0.139. The molecule has 3 aromatic carbocycles. The Morgan fingerprint density at radius 2 is 1.55 bits per heavy atom. The van der Waals surface area contributed by atoms with Gasteiger partial charge in [-0.25, -0.2) is 12.8 Å². The van der Waals surface area contributed by atoms with Crippen molar-refractivity contribution in [3.05, 3.63) is 95.8 Å². The minimum Gasteiger partial charge on any atom is -0.352 e. The number of sulfonamides is 1. The molecule has 0 aromatic heterocycles. The Morgan fingerprint density at radius 3 is 2.17 bits per heavy atom. The molecule has 0 saturated heterocycles. The summed E-state index contributed by atoms with van der Waals surface area (Å²) in [7, 11) is -4.11. The average Bonchev–Trinajstić information content (AvgIpc) is 2.96. The smallest absolute Gasteiger partial charge is 0.264 e. The van der Waals surface area contributed by atoms with Crippen LogP contribution in [-0.4, -0.2) is 43.8 Å². The number of nitrogens with zero attached hydrogens (tertiary/aromatic N) is 2. The highest BCUT2D eigenvalue weighted by atomic mass is 32.2. The fourth-order valence-electron chi connectivity index (χ4n) is 4.90. The minimum atomic E-state index is -4.11. The van der Waals surface area contributed by atoms with Gasteiger partial charge in [-0.15, -0.1) is 0 Å². The molecule has 0 radical (unpaired) electrons. The maximum absolute atomic E-state index is 13.9. The zero-order valence-electron chi connectivity index (χ0n) is 22.9. The molecule has 0 heterocycles. The molecule has 9 heteroatoms. The van der Waals surface area contributed by atoms with Crippen LogP contribution in [0.15, 0.2) is 83.8 Å². The summed E-state index contributed by atoms with van der Waals surface area (Å²) >= 11 is 0. The molecule has 1 N–H and O–H groups in total. The SMILES string of the molecule is Cc1ccc(N(CC(=O)N(Cc2ccc(F)cc2)[C@H](C)C(=O)NC2CCCCC2)S(=O)(=O)c2ccccc2)cc1. The summed E-state index contributed by atoms with van der Waals surface area (Å²) in [4.78, 5) is 28.7. The van der Waals surface area contributed by atoms with Crippen LogP contribution < -0.4 is 9.62 Å². The van der Waals surface area contributed by atoms with Crippen molar-refractivity contribution in [3.63, 3.8) is 0 Å². The molecule has 0 spiro atoms. The highest BCUT2D eigenvalue weighted by Crippen LogP contribution is 2.25. The summed E-state index contributed by atoms with van der Waals surface area (Å²) in [5, 5.41) is 3.07. The van der Waals surface area contributed by atoms with Gasteiger partial charge >= 0.3 is 0 Å². The van der Waals surface area contributed by atoms with E-state index in [1.165, 1.54) is 29.2 Å². The maximum atomic E-state index is 13.9. The van der Waals surface area contributed by atoms with E-state index >= 15 is 0 Å². The van der Waals surface area contributed by atoms with Gasteiger partial charge in [0.1, 0.15) is 18.4 Å². The van der Waals surface area contributed by atoms with Gasteiger partial charge in [-0.3, -0.25) is 13.9 Å². The van der Waals surface area contributed by atoms with Gasteiger partial charge in [0, 0.05) is 12.6 Å². The largest absolute Gasteiger partial charge is 0.352 e. The van der Waals surface area contributed by atoms with Gasteiger partial charge in [0.25, 0.3) is 10.0 Å². The van der Waals surface area contributed by atoms with Gasteiger partial charge in [-0.2, -0.15) is 0 Å². The Balaban J connectivity index is 1.65. The summed E-state index contributed by atoms with van der Waals surface area (Å²) in [6, 6.07) is 19.7. The van der Waals surface area contributed by atoms with Gasteiger partial charge in [0.15, 0.2) is 0 Å². The lowest BCUT2D eigenvalue weighted by atomic mass is 9.95. The Bertz CT molecular complexity index is 1390. The number of nitrogens with one attached hydrogen (secondary N) is 1. The summed E-state index contributed by atoms with van der Waals surface area (Å²) in [6.07, 6.45) is 5.00. The summed E-state index contributed by atoms with van der Waals surface area (Å²) < 4.78 is 42.2. The van der Waals surface area contributed by atoms with Crippen LogP contribution in [0, 0.1) is 12.7 Å². The highest BCUT2D eigenvalue weighted by Gasteiger charge is 2.33. The number of benzene rings is 3. The predicted molar refractivity (Wildman–Crippen MR) is 154 cm³/mol. The van der Waals surface area contributed by atoms with E-state index in [4.69, 9.17) is 0 Å². The summed E-state index contributed by atoms with van der Waals surface area (Å²) in [6.45, 7) is 3.04. The van der Waals surface area contributed by atoms with Crippen molar-refractivity contribution >= 4 is 27.5 Å². The average molecular weight is 566 g/mol. The second kappa shape index (κ2) is 13.1.